The van der Waals surface area contributed by atoms with Crippen LogP contribution in [0.2, 0.25) is 5.02 Å². The Kier molecular flexibility index (Phi) is 10.5. The summed E-state index contributed by atoms with van der Waals surface area (Å²) in [6, 6.07) is 16.0. The van der Waals surface area contributed by atoms with Crippen molar-refractivity contribution in [1.29, 1.82) is 0 Å². The molecule has 0 radical (unpaired) electrons. The second-order valence-corrected chi connectivity index (χ2v) is 8.73. The predicted octanol–water partition coefficient (Wildman–Crippen LogP) is 1.52. The predicted molar refractivity (Wildman–Crippen MR) is 155 cm³/mol. The van der Waals surface area contributed by atoms with E-state index in [0.717, 1.165) is 5.01 Å². The molecule has 0 unspecified atom stereocenters. The van der Waals surface area contributed by atoms with Crippen LogP contribution in [-0.2, 0) is 16.0 Å². The van der Waals surface area contributed by atoms with Crippen LogP contribution in [0.3, 0.4) is 0 Å². The van der Waals surface area contributed by atoms with Gasteiger partial charge in [-0.1, -0.05) is 23.7 Å². The molecule has 0 spiro atoms. The summed E-state index contributed by atoms with van der Waals surface area (Å²) in [6.45, 7) is 0. The highest BCUT2D eigenvalue weighted by Gasteiger charge is 2.21. The molecule has 2 amide bonds. The molecule has 1 atom stereocenters. The summed E-state index contributed by atoms with van der Waals surface area (Å²) < 4.78 is 13.4. The summed E-state index contributed by atoms with van der Waals surface area (Å²) in [4.78, 5) is 26.1. The molecule has 0 aliphatic carbocycles. The molecule has 0 aliphatic rings. The van der Waals surface area contributed by atoms with Crippen LogP contribution >= 0.6 is 11.6 Å². The molecule has 3 aromatic rings. The fraction of sp³-hybridized carbons (Fsp3) is 0.0769. The van der Waals surface area contributed by atoms with Crippen molar-refractivity contribution < 1.29 is 14.0 Å². The number of amides is 2. The Morgan fingerprint density at radius 1 is 1.05 bits per heavy atom. The van der Waals surface area contributed by atoms with E-state index in [2.05, 4.69) is 26.3 Å². The summed E-state index contributed by atoms with van der Waals surface area (Å²) in [5.41, 5.74) is 5.02. The van der Waals surface area contributed by atoms with E-state index >= 15 is 0 Å². The van der Waals surface area contributed by atoms with Gasteiger partial charge in [0.2, 0.25) is 11.8 Å². The van der Waals surface area contributed by atoms with Crippen molar-refractivity contribution in [3.8, 4) is 0 Å². The van der Waals surface area contributed by atoms with Crippen LogP contribution in [0.1, 0.15) is 16.7 Å². The molecule has 208 valence electrons. The number of nitrogens with one attached hydrogen (secondary N) is 3. The average molecular weight is 567 g/mol. The van der Waals surface area contributed by atoms with E-state index in [9.17, 15) is 14.0 Å². The van der Waals surface area contributed by atoms with Gasteiger partial charge in [-0.15, -0.1) is 0 Å². The number of carbonyl (C=O) groups is 2. The normalized spacial score (nSPS) is 12.3. The minimum absolute atomic E-state index is 0.0941. The second kappa shape index (κ2) is 14.2. The third kappa shape index (κ3) is 8.26. The smallest absolute Gasteiger partial charge is 0.247 e. The maximum absolute atomic E-state index is 13.4. The number of anilines is 2. The first-order valence-electron chi connectivity index (χ1n) is 11.7. The van der Waals surface area contributed by atoms with Gasteiger partial charge in [-0.2, -0.15) is 10.2 Å². The number of rotatable bonds is 10. The zero-order valence-electron chi connectivity index (χ0n) is 21.1. The summed E-state index contributed by atoms with van der Waals surface area (Å²) in [6.07, 6.45) is 3.99. The van der Waals surface area contributed by atoms with Gasteiger partial charge in [-0.05, 0) is 66.2 Å². The van der Waals surface area contributed by atoms with Gasteiger partial charge in [0.25, 0.3) is 0 Å². The molecule has 3 rings (SSSR count). The maximum atomic E-state index is 13.4. The van der Waals surface area contributed by atoms with Crippen molar-refractivity contribution in [3.63, 3.8) is 0 Å². The molecule has 11 N–H and O–H groups in total. The van der Waals surface area contributed by atoms with Crippen LogP contribution in [0.4, 0.5) is 15.8 Å². The molecule has 0 fully saturated rings. The maximum Gasteiger partial charge on any atom is 0.247 e. The molecule has 14 heteroatoms. The minimum atomic E-state index is -1.01. The molecular formula is C26H28ClFN10O2. The number of hydrazone groups is 2. The lowest BCUT2D eigenvalue weighted by molar-refractivity contribution is -0.123. The molecule has 0 heterocycles. The number of halogens is 2. The van der Waals surface area contributed by atoms with Crippen LogP contribution in [0.15, 0.2) is 83.0 Å². The molecule has 3 aromatic carbocycles. The van der Waals surface area contributed by atoms with Crippen LogP contribution in [0, 0.1) is 5.82 Å². The first-order valence-corrected chi connectivity index (χ1v) is 12.1. The Morgan fingerprint density at radius 3 is 2.38 bits per heavy atom. The van der Waals surface area contributed by atoms with Gasteiger partial charge in [-0.3, -0.25) is 14.6 Å². The van der Waals surface area contributed by atoms with Gasteiger partial charge in [0.05, 0.1) is 5.69 Å². The van der Waals surface area contributed by atoms with Gasteiger partial charge in [-0.25, -0.2) is 16.1 Å². The van der Waals surface area contributed by atoms with E-state index < -0.39 is 23.7 Å². The molecule has 0 bridgehead atoms. The summed E-state index contributed by atoms with van der Waals surface area (Å²) in [7, 11) is 0. The first kappa shape index (κ1) is 29.6. The van der Waals surface area contributed by atoms with Gasteiger partial charge >= 0.3 is 0 Å². The van der Waals surface area contributed by atoms with Crippen LogP contribution < -0.4 is 44.4 Å². The monoisotopic (exact) mass is 566 g/mol. The number of carbonyl (C=O) groups excluding carboxylic acids is 2. The third-order valence-electron chi connectivity index (χ3n) is 5.55. The summed E-state index contributed by atoms with van der Waals surface area (Å²) in [5.74, 6) is 20.5. The quantitative estimate of drug-likeness (QED) is 0.0628. The fourth-order valence-corrected chi connectivity index (χ4v) is 3.80. The van der Waals surface area contributed by atoms with E-state index in [1.165, 1.54) is 42.8 Å². The van der Waals surface area contributed by atoms with Crippen molar-refractivity contribution in [3.05, 3.63) is 100 Å². The van der Waals surface area contributed by atoms with Crippen LogP contribution in [-0.4, -0.2) is 30.0 Å². The van der Waals surface area contributed by atoms with E-state index in [-0.39, 0.29) is 12.3 Å². The van der Waals surface area contributed by atoms with Crippen LogP contribution in [0.25, 0.3) is 6.08 Å². The molecule has 0 saturated carbocycles. The van der Waals surface area contributed by atoms with E-state index in [1.54, 1.807) is 42.5 Å². The van der Waals surface area contributed by atoms with Gasteiger partial charge in [0.15, 0.2) is 5.84 Å². The van der Waals surface area contributed by atoms with E-state index in [0.29, 0.717) is 33.1 Å². The molecular weight excluding hydrogens is 539 g/mol. The largest absolute Gasteiger partial charge is 0.340 e. The lowest BCUT2D eigenvalue weighted by atomic mass is 10.0. The molecule has 12 nitrogen and oxygen atoms in total. The zero-order valence-corrected chi connectivity index (χ0v) is 21.8. The first-order chi connectivity index (χ1) is 19.2. The Labute approximate surface area is 234 Å². The number of hydrogen-bond acceptors (Lipinski definition) is 8. The summed E-state index contributed by atoms with van der Waals surface area (Å²) in [5, 5.41) is 13.9. The standard InChI is InChI=1S/C26H28ClFN10O2/c27-19-6-11-23(38(32)15-33-29)18(14-19)5-12-24(39)35-22(13-16-1-7-20(28)8-2-16)26(40)34-21-9-3-17(4-10-21)25(36-30)37-31/h1-12,14-15,22H,13,29-32H2,(H,34,40)(H,35,39)(H,36,37)/b12-5+,33-15-/t22-/m0/s1. The lowest BCUT2D eigenvalue weighted by Gasteiger charge is -2.18. The topological polar surface area (TPSA) is 202 Å². The van der Waals surface area contributed by atoms with Gasteiger partial charge in [0.1, 0.15) is 18.2 Å². The SMILES string of the molecule is N/N=C\N(N)c1ccc(Cl)cc1/C=C/C(=O)N[C@@H](Cc1ccc(F)cc1)C(=O)Nc1ccc(/C(=N/N)NN)cc1. The fourth-order valence-electron chi connectivity index (χ4n) is 3.61. The zero-order chi connectivity index (χ0) is 29.1. The highest BCUT2D eigenvalue weighted by molar-refractivity contribution is 6.30. The molecule has 0 aromatic heterocycles. The number of benzene rings is 3. The van der Waals surface area contributed by atoms with E-state index in [4.69, 9.17) is 35.0 Å². The average Bonchev–Trinajstić information content (AvgIpc) is 2.94. The lowest BCUT2D eigenvalue weighted by Crippen LogP contribution is -2.44. The Balaban J connectivity index is 1.80. The molecule has 0 aliphatic heterocycles. The van der Waals surface area contributed by atoms with Crippen molar-refractivity contribution in [1.82, 2.24) is 10.7 Å². The summed E-state index contributed by atoms with van der Waals surface area (Å²) >= 11 is 6.11. The van der Waals surface area contributed by atoms with Crippen LogP contribution in [0.5, 0.6) is 0 Å². The van der Waals surface area contributed by atoms with Crippen molar-refractivity contribution in [2.75, 3.05) is 10.3 Å². The number of hydrazine groups is 2. The Hall–Kier alpha value is -4.98. The van der Waals surface area contributed by atoms with Crippen molar-refractivity contribution >= 4 is 53.0 Å². The Morgan fingerprint density at radius 2 is 1.75 bits per heavy atom. The Bertz CT molecular complexity index is 1410. The highest BCUT2D eigenvalue weighted by atomic mass is 35.5. The van der Waals surface area contributed by atoms with Gasteiger partial charge in [0, 0.05) is 34.3 Å². The second-order valence-electron chi connectivity index (χ2n) is 8.29. The van der Waals surface area contributed by atoms with E-state index in [1.807, 2.05) is 0 Å². The van der Waals surface area contributed by atoms with Crippen molar-refractivity contribution in [2.24, 2.45) is 33.6 Å². The number of amidine groups is 1. The third-order valence-corrected chi connectivity index (χ3v) is 5.79. The number of hydrogen-bond donors (Lipinski definition) is 7. The highest BCUT2D eigenvalue weighted by Crippen LogP contribution is 2.23. The van der Waals surface area contributed by atoms with Crippen molar-refractivity contribution in [2.45, 2.75) is 12.5 Å². The van der Waals surface area contributed by atoms with Gasteiger partial charge < -0.3 is 27.7 Å². The molecule has 0 saturated heterocycles. The number of nitrogens with two attached hydrogens (primary N) is 4. The number of nitrogens with zero attached hydrogens (tertiary/aromatic N) is 3. The molecule has 40 heavy (non-hydrogen) atoms. The minimum Gasteiger partial charge on any atom is -0.340 e.